The van der Waals surface area contributed by atoms with Crippen LogP contribution in [0.25, 0.3) is 0 Å². The molecule has 1 atom stereocenters. The first kappa shape index (κ1) is 17.9. The molecular weight excluding hydrogens is 339 g/mol. The lowest BCUT2D eigenvalue weighted by molar-refractivity contribution is -0.120. The second kappa shape index (κ2) is 8.45. The largest absolute Gasteiger partial charge is 0.354 e. The topological polar surface area (TPSA) is 32.3 Å². The van der Waals surface area contributed by atoms with Crippen LogP contribution in [-0.4, -0.2) is 30.4 Å². The summed E-state index contributed by atoms with van der Waals surface area (Å²) in [7, 11) is 0. The number of carbonyl (C=O) groups is 1. The van der Waals surface area contributed by atoms with E-state index in [0.717, 1.165) is 31.5 Å². The Bertz CT molecular complexity index is 731. The first-order valence-electron chi connectivity index (χ1n) is 8.64. The van der Waals surface area contributed by atoms with Gasteiger partial charge in [-0.3, -0.25) is 9.69 Å². The zero-order valence-electron chi connectivity index (χ0n) is 14.1. The first-order valence-corrected chi connectivity index (χ1v) is 9.01. The Hall–Kier alpha value is -1.91. The van der Waals surface area contributed by atoms with Crippen molar-refractivity contribution < 1.29 is 9.18 Å². The Morgan fingerprint density at radius 3 is 2.52 bits per heavy atom. The van der Waals surface area contributed by atoms with Gasteiger partial charge in [-0.2, -0.15) is 0 Å². The number of carbonyl (C=O) groups excluding carboxylic acids is 1. The zero-order chi connectivity index (χ0) is 17.6. The van der Waals surface area contributed by atoms with Crippen LogP contribution in [0.15, 0.2) is 48.5 Å². The molecule has 0 aliphatic carbocycles. The molecule has 2 aromatic carbocycles. The van der Waals surface area contributed by atoms with E-state index in [9.17, 15) is 9.18 Å². The monoisotopic (exact) mass is 360 g/mol. The Morgan fingerprint density at radius 2 is 1.80 bits per heavy atom. The lowest BCUT2D eigenvalue weighted by Gasteiger charge is -2.29. The minimum Gasteiger partial charge on any atom is -0.354 e. The molecule has 1 fully saturated rings. The Balaban J connectivity index is 1.67. The van der Waals surface area contributed by atoms with Gasteiger partial charge in [0.2, 0.25) is 5.91 Å². The number of nitrogens with one attached hydrogen (secondary N) is 1. The van der Waals surface area contributed by atoms with Crippen molar-refractivity contribution in [1.29, 1.82) is 0 Å². The molecule has 25 heavy (non-hydrogen) atoms. The lowest BCUT2D eigenvalue weighted by Crippen LogP contribution is -2.37. The smallest absolute Gasteiger partial charge is 0.224 e. The van der Waals surface area contributed by atoms with Crippen LogP contribution in [0.3, 0.4) is 0 Å². The van der Waals surface area contributed by atoms with Crippen LogP contribution in [0.1, 0.15) is 30.0 Å². The predicted molar refractivity (Wildman–Crippen MR) is 98.1 cm³/mol. The van der Waals surface area contributed by atoms with Crippen molar-refractivity contribution in [2.75, 3.05) is 19.6 Å². The summed E-state index contributed by atoms with van der Waals surface area (Å²) in [5.74, 6) is -0.527. The van der Waals surface area contributed by atoms with Gasteiger partial charge in [-0.25, -0.2) is 4.39 Å². The summed E-state index contributed by atoms with van der Waals surface area (Å²) in [6.45, 7) is 2.47. The molecule has 0 spiro atoms. The number of halogens is 2. The standard InChI is InChI=1S/C20H22ClFN2O/c21-17-9-3-2-8-16(17)19(24-11-5-6-12-24)14-23-20(25)13-15-7-1-4-10-18(15)22/h1-4,7-10,19H,5-6,11-14H2,(H,23,25). The van der Waals surface area contributed by atoms with Crippen molar-refractivity contribution in [1.82, 2.24) is 10.2 Å². The molecule has 1 amide bonds. The van der Waals surface area contributed by atoms with Gasteiger partial charge in [0.05, 0.1) is 12.5 Å². The molecular formula is C20H22ClFN2O. The number of amides is 1. The molecule has 5 heteroatoms. The number of hydrogen-bond donors (Lipinski definition) is 1. The van der Waals surface area contributed by atoms with Gasteiger partial charge >= 0.3 is 0 Å². The van der Waals surface area contributed by atoms with E-state index in [1.165, 1.54) is 6.07 Å². The number of benzene rings is 2. The number of nitrogens with zero attached hydrogens (tertiary/aromatic N) is 1. The molecule has 1 saturated heterocycles. The molecule has 2 aromatic rings. The summed E-state index contributed by atoms with van der Waals surface area (Å²) in [4.78, 5) is 14.6. The van der Waals surface area contributed by atoms with Crippen molar-refractivity contribution in [3.05, 3.63) is 70.5 Å². The molecule has 132 valence electrons. The highest BCUT2D eigenvalue weighted by Crippen LogP contribution is 2.29. The van der Waals surface area contributed by atoms with E-state index >= 15 is 0 Å². The van der Waals surface area contributed by atoms with Crippen molar-refractivity contribution in [3.63, 3.8) is 0 Å². The molecule has 1 N–H and O–H groups in total. The summed E-state index contributed by atoms with van der Waals surface area (Å²) < 4.78 is 13.7. The van der Waals surface area contributed by atoms with Crippen LogP contribution in [-0.2, 0) is 11.2 Å². The lowest BCUT2D eigenvalue weighted by atomic mass is 10.0. The van der Waals surface area contributed by atoms with E-state index in [-0.39, 0.29) is 24.2 Å². The third-order valence-electron chi connectivity index (χ3n) is 4.65. The van der Waals surface area contributed by atoms with Gasteiger partial charge < -0.3 is 5.32 Å². The van der Waals surface area contributed by atoms with Crippen LogP contribution in [0.5, 0.6) is 0 Å². The average molecular weight is 361 g/mol. The van der Waals surface area contributed by atoms with Crippen LogP contribution >= 0.6 is 11.6 Å². The SMILES string of the molecule is O=C(Cc1ccccc1F)NCC(c1ccccc1Cl)N1CCCC1. The summed E-state index contributed by atoms with van der Waals surface area (Å²) in [6, 6.07) is 14.2. The molecule has 0 saturated carbocycles. The van der Waals surface area contributed by atoms with Crippen LogP contribution in [0.2, 0.25) is 5.02 Å². The summed E-state index contributed by atoms with van der Waals surface area (Å²) >= 11 is 6.37. The zero-order valence-corrected chi connectivity index (χ0v) is 14.8. The van der Waals surface area contributed by atoms with E-state index in [4.69, 9.17) is 11.6 Å². The maximum atomic E-state index is 13.7. The summed E-state index contributed by atoms with van der Waals surface area (Å²) in [6.07, 6.45) is 2.36. The molecule has 0 radical (unpaired) electrons. The van der Waals surface area contributed by atoms with Gasteiger partial charge in [-0.1, -0.05) is 48.0 Å². The van der Waals surface area contributed by atoms with Gasteiger partial charge in [0.1, 0.15) is 5.82 Å². The highest BCUT2D eigenvalue weighted by Gasteiger charge is 2.25. The summed E-state index contributed by atoms with van der Waals surface area (Å²) in [5, 5.41) is 3.67. The fourth-order valence-corrected chi connectivity index (χ4v) is 3.58. The molecule has 1 unspecified atom stereocenters. The van der Waals surface area contributed by atoms with E-state index < -0.39 is 0 Å². The highest BCUT2D eigenvalue weighted by atomic mass is 35.5. The maximum absolute atomic E-state index is 13.7. The fraction of sp³-hybridized carbons (Fsp3) is 0.350. The molecule has 0 aromatic heterocycles. The molecule has 0 bridgehead atoms. The number of hydrogen-bond acceptors (Lipinski definition) is 2. The predicted octanol–water partition coefficient (Wildman–Crippen LogP) is 3.97. The molecule has 3 nitrogen and oxygen atoms in total. The molecule has 3 rings (SSSR count). The van der Waals surface area contributed by atoms with Gasteiger partial charge in [0.25, 0.3) is 0 Å². The molecule has 1 aliphatic rings. The maximum Gasteiger partial charge on any atom is 0.224 e. The van der Waals surface area contributed by atoms with Crippen molar-refractivity contribution >= 4 is 17.5 Å². The Labute approximate surface area is 152 Å². The van der Waals surface area contributed by atoms with Gasteiger partial charge in [-0.15, -0.1) is 0 Å². The van der Waals surface area contributed by atoms with Crippen molar-refractivity contribution in [3.8, 4) is 0 Å². The minimum atomic E-state index is -0.347. The quantitative estimate of drug-likeness (QED) is 0.845. The fourth-order valence-electron chi connectivity index (χ4n) is 3.32. The number of rotatable bonds is 6. The van der Waals surface area contributed by atoms with E-state index in [0.29, 0.717) is 17.1 Å². The average Bonchev–Trinajstić information content (AvgIpc) is 3.13. The highest BCUT2D eigenvalue weighted by molar-refractivity contribution is 6.31. The van der Waals surface area contributed by atoms with Crippen molar-refractivity contribution in [2.45, 2.75) is 25.3 Å². The second-order valence-corrected chi connectivity index (χ2v) is 6.76. The van der Waals surface area contributed by atoms with E-state index in [1.54, 1.807) is 18.2 Å². The van der Waals surface area contributed by atoms with Crippen LogP contribution in [0, 0.1) is 5.82 Å². The van der Waals surface area contributed by atoms with E-state index in [2.05, 4.69) is 10.2 Å². The minimum absolute atomic E-state index is 0.0424. The van der Waals surface area contributed by atoms with Crippen LogP contribution in [0.4, 0.5) is 4.39 Å². The van der Waals surface area contributed by atoms with Gasteiger partial charge in [0.15, 0.2) is 0 Å². The van der Waals surface area contributed by atoms with E-state index in [1.807, 2.05) is 24.3 Å². The van der Waals surface area contributed by atoms with Gasteiger partial charge in [-0.05, 0) is 49.2 Å². The third-order valence-corrected chi connectivity index (χ3v) is 4.99. The Morgan fingerprint density at radius 1 is 1.12 bits per heavy atom. The molecule has 1 heterocycles. The molecule has 1 aliphatic heterocycles. The van der Waals surface area contributed by atoms with Crippen molar-refractivity contribution in [2.24, 2.45) is 0 Å². The Kier molecular flexibility index (Phi) is 6.05. The van der Waals surface area contributed by atoms with Gasteiger partial charge in [0, 0.05) is 11.6 Å². The van der Waals surface area contributed by atoms with Crippen LogP contribution < -0.4 is 5.32 Å². The third kappa shape index (κ3) is 4.59. The number of likely N-dealkylation sites (tertiary alicyclic amines) is 1. The second-order valence-electron chi connectivity index (χ2n) is 6.35. The summed E-state index contributed by atoms with van der Waals surface area (Å²) in [5.41, 5.74) is 1.44. The first-order chi connectivity index (χ1) is 12.1. The normalized spacial score (nSPS) is 15.9.